The predicted octanol–water partition coefficient (Wildman–Crippen LogP) is -0.549. The molecule has 7 heteroatoms. The maximum atomic E-state index is 10.7. The topological polar surface area (TPSA) is 121 Å². The van der Waals surface area contributed by atoms with Crippen molar-refractivity contribution in [3.63, 3.8) is 0 Å². The number of benzene rings is 1. The number of phenolic OH excluding ortho intramolecular Hbond substituents is 3. The van der Waals surface area contributed by atoms with Crippen LogP contribution in [0.2, 0.25) is 0 Å². The summed E-state index contributed by atoms with van der Waals surface area (Å²) in [7, 11) is -4.00. The highest BCUT2D eigenvalue weighted by Gasteiger charge is 2.14. The first-order valence-corrected chi connectivity index (χ1v) is 4.65. The third kappa shape index (κ3) is 1.82. The van der Waals surface area contributed by atoms with E-state index in [1.165, 1.54) is 0 Å². The third-order valence-electron chi connectivity index (χ3n) is 1.37. The summed E-state index contributed by atoms with van der Waals surface area (Å²) in [5.41, 5.74) is 0. The normalized spacial score (nSPS) is 11.5. The second kappa shape index (κ2) is 2.79. The standard InChI is InChI=1S/C6H7NO5S/c7-13(11,12)3-1-4(8)6(10)5(9)2-3/h1-2,8-10H,(H2,7,11,12). The molecular weight excluding hydrogens is 198 g/mol. The summed E-state index contributed by atoms with van der Waals surface area (Å²) in [6, 6.07) is 1.48. The molecule has 0 radical (unpaired) electrons. The van der Waals surface area contributed by atoms with Gasteiger partial charge in [0, 0.05) is 12.1 Å². The van der Waals surface area contributed by atoms with E-state index in [9.17, 15) is 8.42 Å². The molecule has 0 bridgehead atoms. The first kappa shape index (κ1) is 9.62. The zero-order chi connectivity index (χ0) is 10.2. The van der Waals surface area contributed by atoms with Gasteiger partial charge < -0.3 is 15.3 Å². The molecule has 1 aromatic carbocycles. The molecule has 5 N–H and O–H groups in total. The van der Waals surface area contributed by atoms with Gasteiger partial charge in [-0.25, -0.2) is 13.6 Å². The quantitative estimate of drug-likeness (QED) is 0.458. The van der Waals surface area contributed by atoms with E-state index in [4.69, 9.17) is 20.5 Å². The Hall–Kier alpha value is -1.47. The lowest BCUT2D eigenvalue weighted by atomic mass is 10.3. The molecule has 1 rings (SSSR count). The van der Waals surface area contributed by atoms with Crippen molar-refractivity contribution in [3.05, 3.63) is 12.1 Å². The average Bonchev–Trinajstić information content (AvgIpc) is 1.97. The first-order valence-electron chi connectivity index (χ1n) is 3.10. The molecule has 0 atom stereocenters. The molecule has 0 spiro atoms. The molecule has 0 saturated heterocycles. The van der Waals surface area contributed by atoms with Gasteiger partial charge in [-0.15, -0.1) is 0 Å². The summed E-state index contributed by atoms with van der Waals surface area (Å²) < 4.78 is 21.4. The lowest BCUT2D eigenvalue weighted by Gasteiger charge is -2.03. The summed E-state index contributed by atoms with van der Waals surface area (Å²) >= 11 is 0. The molecule has 0 unspecified atom stereocenters. The number of hydrogen-bond donors (Lipinski definition) is 4. The van der Waals surface area contributed by atoms with Gasteiger partial charge in [0.25, 0.3) is 0 Å². The molecule has 0 aliphatic carbocycles. The van der Waals surface area contributed by atoms with Crippen LogP contribution >= 0.6 is 0 Å². The summed E-state index contributed by atoms with van der Waals surface area (Å²) in [4.78, 5) is -0.472. The number of primary sulfonamides is 1. The molecule has 0 aliphatic rings. The van der Waals surface area contributed by atoms with Crippen LogP contribution in [0.3, 0.4) is 0 Å². The number of aromatic hydroxyl groups is 3. The Labute approximate surface area is 73.9 Å². The van der Waals surface area contributed by atoms with Crippen molar-refractivity contribution >= 4 is 10.0 Å². The van der Waals surface area contributed by atoms with E-state index < -0.39 is 32.2 Å². The summed E-state index contributed by atoms with van der Waals surface area (Å²) in [5.74, 6) is -2.28. The smallest absolute Gasteiger partial charge is 0.238 e. The molecular formula is C6H7NO5S. The number of hydrogen-bond acceptors (Lipinski definition) is 5. The van der Waals surface area contributed by atoms with Gasteiger partial charge in [-0.05, 0) is 0 Å². The van der Waals surface area contributed by atoms with E-state index in [-0.39, 0.29) is 0 Å². The first-order chi connectivity index (χ1) is 5.82. The summed E-state index contributed by atoms with van der Waals surface area (Å²) in [5, 5.41) is 31.4. The predicted molar refractivity (Wildman–Crippen MR) is 42.8 cm³/mol. The van der Waals surface area contributed by atoms with Crippen molar-refractivity contribution in [2.75, 3.05) is 0 Å². The fourth-order valence-corrected chi connectivity index (χ4v) is 1.30. The Bertz CT molecular complexity index is 415. The molecule has 0 aromatic heterocycles. The minimum atomic E-state index is -4.00. The lowest BCUT2D eigenvalue weighted by Crippen LogP contribution is -2.11. The Morgan fingerprint density at radius 1 is 1.08 bits per heavy atom. The van der Waals surface area contributed by atoms with Crippen LogP contribution in [0, 0.1) is 0 Å². The van der Waals surface area contributed by atoms with Gasteiger partial charge in [0.05, 0.1) is 4.90 Å². The Morgan fingerprint density at radius 2 is 1.46 bits per heavy atom. The molecule has 0 aliphatic heterocycles. The third-order valence-corrected chi connectivity index (χ3v) is 2.26. The molecule has 72 valence electrons. The summed E-state index contributed by atoms with van der Waals surface area (Å²) in [6.45, 7) is 0. The van der Waals surface area contributed by atoms with E-state index in [0.717, 1.165) is 12.1 Å². The molecule has 0 amide bonds. The lowest BCUT2D eigenvalue weighted by molar-refractivity contribution is 0.366. The maximum absolute atomic E-state index is 10.7. The van der Waals surface area contributed by atoms with Gasteiger partial charge in [0.15, 0.2) is 17.2 Å². The largest absolute Gasteiger partial charge is 0.504 e. The highest BCUT2D eigenvalue weighted by molar-refractivity contribution is 7.89. The molecule has 0 heterocycles. The molecule has 13 heavy (non-hydrogen) atoms. The number of rotatable bonds is 1. The van der Waals surface area contributed by atoms with Crippen LogP contribution in [-0.4, -0.2) is 23.7 Å². The van der Waals surface area contributed by atoms with Crippen LogP contribution in [-0.2, 0) is 10.0 Å². The molecule has 0 saturated carbocycles. The highest BCUT2D eigenvalue weighted by atomic mass is 32.2. The van der Waals surface area contributed by atoms with Crippen LogP contribution in [0.25, 0.3) is 0 Å². The highest BCUT2D eigenvalue weighted by Crippen LogP contribution is 2.36. The van der Waals surface area contributed by atoms with Gasteiger partial charge in [-0.2, -0.15) is 0 Å². The number of nitrogens with two attached hydrogens (primary N) is 1. The van der Waals surface area contributed by atoms with E-state index in [1.54, 1.807) is 0 Å². The van der Waals surface area contributed by atoms with E-state index >= 15 is 0 Å². The monoisotopic (exact) mass is 205 g/mol. The van der Waals surface area contributed by atoms with Crippen LogP contribution < -0.4 is 5.14 Å². The SMILES string of the molecule is NS(=O)(=O)c1cc(O)c(O)c(O)c1. The Kier molecular flexibility index (Phi) is 2.06. The van der Waals surface area contributed by atoms with Crippen molar-refractivity contribution in [2.45, 2.75) is 4.90 Å². The second-order valence-corrected chi connectivity index (χ2v) is 3.92. The maximum Gasteiger partial charge on any atom is 0.238 e. The van der Waals surface area contributed by atoms with Gasteiger partial charge in [-0.1, -0.05) is 0 Å². The minimum Gasteiger partial charge on any atom is -0.504 e. The molecule has 0 fully saturated rings. The average molecular weight is 205 g/mol. The van der Waals surface area contributed by atoms with Crippen molar-refractivity contribution < 1.29 is 23.7 Å². The molecule has 1 aromatic rings. The van der Waals surface area contributed by atoms with E-state index in [2.05, 4.69) is 0 Å². The van der Waals surface area contributed by atoms with Gasteiger partial charge >= 0.3 is 0 Å². The van der Waals surface area contributed by atoms with Crippen molar-refractivity contribution in [1.29, 1.82) is 0 Å². The van der Waals surface area contributed by atoms with Crippen molar-refractivity contribution in [3.8, 4) is 17.2 Å². The van der Waals surface area contributed by atoms with Gasteiger partial charge in [0.1, 0.15) is 0 Å². The van der Waals surface area contributed by atoms with Crippen molar-refractivity contribution in [1.82, 2.24) is 0 Å². The number of sulfonamides is 1. The zero-order valence-corrected chi connectivity index (χ0v) is 7.11. The Balaban J connectivity index is 3.47. The van der Waals surface area contributed by atoms with Gasteiger partial charge in [-0.3, -0.25) is 0 Å². The van der Waals surface area contributed by atoms with Crippen LogP contribution in [0.5, 0.6) is 17.2 Å². The fraction of sp³-hybridized carbons (Fsp3) is 0. The van der Waals surface area contributed by atoms with E-state index in [1.807, 2.05) is 0 Å². The Morgan fingerprint density at radius 3 is 1.77 bits per heavy atom. The molecule has 6 nitrogen and oxygen atoms in total. The fourth-order valence-electron chi connectivity index (χ4n) is 0.743. The summed E-state index contributed by atoms with van der Waals surface area (Å²) in [6.07, 6.45) is 0. The number of phenols is 3. The minimum absolute atomic E-state index is 0.472. The van der Waals surface area contributed by atoms with Crippen LogP contribution in [0.1, 0.15) is 0 Å². The van der Waals surface area contributed by atoms with Crippen LogP contribution in [0.15, 0.2) is 17.0 Å². The second-order valence-electron chi connectivity index (χ2n) is 2.36. The van der Waals surface area contributed by atoms with Gasteiger partial charge in [0.2, 0.25) is 10.0 Å². The zero-order valence-electron chi connectivity index (χ0n) is 6.30. The van der Waals surface area contributed by atoms with Crippen LogP contribution in [0.4, 0.5) is 0 Å². The van der Waals surface area contributed by atoms with E-state index in [0.29, 0.717) is 0 Å². The van der Waals surface area contributed by atoms with Crippen molar-refractivity contribution in [2.24, 2.45) is 5.14 Å².